The molecule has 0 N–H and O–H groups in total. The van der Waals surface area contributed by atoms with Gasteiger partial charge in [-0.05, 0) is 11.1 Å². The topological polar surface area (TPSA) is 77.3 Å². The first-order valence-electron chi connectivity index (χ1n) is 5.21. The molecule has 8 heteroatoms. The largest absolute Gasteiger partial charge is 0.317 e. The van der Waals surface area contributed by atoms with Gasteiger partial charge in [-0.1, -0.05) is 42.5 Å². The SMILES string of the molecule is O=S(=O)(Cl)Cl.O=[N+]([O-])c1cccc(-c2ccccc2)c1. The molecule has 0 heterocycles. The molecule has 0 spiro atoms. The van der Waals surface area contributed by atoms with Crippen molar-refractivity contribution in [3.8, 4) is 11.1 Å². The fourth-order valence-corrected chi connectivity index (χ4v) is 1.43. The van der Waals surface area contributed by atoms with Gasteiger partial charge in [-0.25, -0.2) is 0 Å². The highest BCUT2D eigenvalue weighted by molar-refractivity contribution is 8.31. The van der Waals surface area contributed by atoms with E-state index in [0.717, 1.165) is 11.1 Å². The summed E-state index contributed by atoms with van der Waals surface area (Å²) in [5.74, 6) is 0. The van der Waals surface area contributed by atoms with E-state index in [0.29, 0.717) is 0 Å². The zero-order valence-electron chi connectivity index (χ0n) is 9.94. The molecule has 0 atom stereocenters. The monoisotopic (exact) mass is 333 g/mol. The van der Waals surface area contributed by atoms with Crippen molar-refractivity contribution < 1.29 is 13.3 Å². The highest BCUT2D eigenvalue weighted by atomic mass is 36.0. The van der Waals surface area contributed by atoms with Crippen molar-refractivity contribution in [2.75, 3.05) is 0 Å². The molecule has 5 nitrogen and oxygen atoms in total. The van der Waals surface area contributed by atoms with Crippen molar-refractivity contribution in [3.05, 3.63) is 64.7 Å². The van der Waals surface area contributed by atoms with Gasteiger partial charge < -0.3 is 0 Å². The summed E-state index contributed by atoms with van der Waals surface area (Å²) in [6.07, 6.45) is 0. The highest BCUT2D eigenvalue weighted by Gasteiger charge is 2.05. The van der Waals surface area contributed by atoms with Crippen LogP contribution in [0.2, 0.25) is 0 Å². The summed E-state index contributed by atoms with van der Waals surface area (Å²) in [5.41, 5.74) is 1.97. The lowest BCUT2D eigenvalue weighted by molar-refractivity contribution is -0.384. The van der Waals surface area contributed by atoms with Crippen molar-refractivity contribution in [2.45, 2.75) is 0 Å². The van der Waals surface area contributed by atoms with E-state index in [4.69, 9.17) is 8.42 Å². The smallest absolute Gasteiger partial charge is 0.258 e. The molecule has 0 aliphatic rings. The maximum absolute atomic E-state index is 10.6. The van der Waals surface area contributed by atoms with Crippen LogP contribution in [-0.2, 0) is 8.26 Å². The molecule has 2 aromatic rings. The minimum Gasteiger partial charge on any atom is -0.258 e. The van der Waals surface area contributed by atoms with Gasteiger partial charge in [0.25, 0.3) is 5.69 Å². The number of nitro benzene ring substituents is 1. The third-order valence-electron chi connectivity index (χ3n) is 2.16. The maximum atomic E-state index is 10.6. The molecule has 0 aliphatic carbocycles. The number of non-ortho nitro benzene ring substituents is 1. The second-order valence-corrected chi connectivity index (χ2v) is 7.22. The first-order chi connectivity index (χ1) is 9.27. The van der Waals surface area contributed by atoms with Crippen molar-refractivity contribution >= 4 is 35.3 Å². The van der Waals surface area contributed by atoms with Crippen molar-refractivity contribution in [1.29, 1.82) is 0 Å². The second-order valence-electron chi connectivity index (χ2n) is 3.55. The van der Waals surface area contributed by atoms with E-state index < -0.39 is 8.26 Å². The van der Waals surface area contributed by atoms with Crippen LogP contribution in [0.5, 0.6) is 0 Å². The van der Waals surface area contributed by atoms with Gasteiger partial charge >= 0.3 is 8.26 Å². The van der Waals surface area contributed by atoms with Crippen LogP contribution in [0.1, 0.15) is 0 Å². The molecule has 0 radical (unpaired) electrons. The Labute approximate surface area is 124 Å². The predicted molar refractivity (Wildman–Crippen MR) is 79.2 cm³/mol. The molecule has 0 unspecified atom stereocenters. The van der Waals surface area contributed by atoms with Crippen LogP contribution in [0.25, 0.3) is 11.1 Å². The van der Waals surface area contributed by atoms with Crippen LogP contribution in [0.4, 0.5) is 5.69 Å². The molecular formula is C12H9Cl2NO4S. The number of hydrogen-bond donors (Lipinski definition) is 0. The van der Waals surface area contributed by atoms with Crippen molar-refractivity contribution in [1.82, 2.24) is 0 Å². The Morgan fingerprint density at radius 3 is 1.90 bits per heavy atom. The summed E-state index contributed by atoms with van der Waals surface area (Å²) in [7, 11) is 4.81. The molecule has 0 fully saturated rings. The summed E-state index contributed by atoms with van der Waals surface area (Å²) in [6, 6.07) is 16.2. The van der Waals surface area contributed by atoms with E-state index in [-0.39, 0.29) is 10.6 Å². The van der Waals surface area contributed by atoms with E-state index in [2.05, 4.69) is 21.4 Å². The summed E-state index contributed by atoms with van der Waals surface area (Å²) < 4.78 is 18.3. The molecule has 2 rings (SSSR count). The Balaban J connectivity index is 0.000000347. The Morgan fingerprint density at radius 1 is 0.900 bits per heavy atom. The van der Waals surface area contributed by atoms with Crippen molar-refractivity contribution in [3.63, 3.8) is 0 Å². The second kappa shape index (κ2) is 7.23. The molecule has 106 valence electrons. The molecular weight excluding hydrogens is 325 g/mol. The van der Waals surface area contributed by atoms with Gasteiger partial charge in [0.1, 0.15) is 0 Å². The molecule has 20 heavy (non-hydrogen) atoms. The lowest BCUT2D eigenvalue weighted by atomic mass is 10.1. The Morgan fingerprint density at radius 2 is 1.40 bits per heavy atom. The van der Waals surface area contributed by atoms with E-state index >= 15 is 0 Å². The number of hydrogen-bond acceptors (Lipinski definition) is 4. The van der Waals surface area contributed by atoms with Gasteiger partial charge in [0.2, 0.25) is 0 Å². The van der Waals surface area contributed by atoms with Gasteiger partial charge in [-0.15, -0.1) is 0 Å². The number of benzene rings is 2. The fourth-order valence-electron chi connectivity index (χ4n) is 1.43. The molecule has 0 aliphatic heterocycles. The van der Waals surface area contributed by atoms with Gasteiger partial charge in [0.05, 0.1) is 4.92 Å². The summed E-state index contributed by atoms with van der Waals surface area (Å²) in [6.45, 7) is 0. The molecule has 0 saturated carbocycles. The molecule has 0 aromatic heterocycles. The van der Waals surface area contributed by atoms with Crippen LogP contribution in [-0.4, -0.2) is 13.3 Å². The Kier molecular flexibility index (Phi) is 5.94. The van der Waals surface area contributed by atoms with E-state index in [1.165, 1.54) is 6.07 Å². The lowest BCUT2D eigenvalue weighted by Crippen LogP contribution is -1.87. The summed E-state index contributed by atoms with van der Waals surface area (Å²) in [5, 5.41) is 10.6. The quantitative estimate of drug-likeness (QED) is 0.473. The third kappa shape index (κ3) is 6.51. The molecule has 0 saturated heterocycles. The van der Waals surface area contributed by atoms with Crippen LogP contribution in [0.15, 0.2) is 54.6 Å². The lowest BCUT2D eigenvalue weighted by Gasteiger charge is -2.00. The van der Waals surface area contributed by atoms with Crippen LogP contribution < -0.4 is 0 Å². The molecule has 2 aromatic carbocycles. The number of rotatable bonds is 2. The molecule has 0 bridgehead atoms. The van der Waals surface area contributed by atoms with Gasteiger partial charge in [0, 0.05) is 33.5 Å². The third-order valence-corrected chi connectivity index (χ3v) is 2.16. The normalized spacial score (nSPS) is 10.3. The van der Waals surface area contributed by atoms with Gasteiger partial charge in [0.15, 0.2) is 0 Å². The first-order valence-corrected chi connectivity index (χ1v) is 8.35. The number of nitro groups is 1. The van der Waals surface area contributed by atoms with Crippen LogP contribution in [0, 0.1) is 10.1 Å². The number of halogens is 2. The van der Waals surface area contributed by atoms with Crippen LogP contribution in [0.3, 0.4) is 0 Å². The average molecular weight is 334 g/mol. The van der Waals surface area contributed by atoms with Gasteiger partial charge in [-0.2, -0.15) is 8.42 Å². The van der Waals surface area contributed by atoms with E-state index in [1.807, 2.05) is 36.4 Å². The first kappa shape index (κ1) is 16.4. The van der Waals surface area contributed by atoms with Crippen LogP contribution >= 0.6 is 21.4 Å². The Bertz CT molecular complexity index is 682. The summed E-state index contributed by atoms with van der Waals surface area (Å²) >= 11 is 0. The standard InChI is InChI=1S/C12H9NO2.Cl2O2S/c14-13(15)12-8-4-7-11(9-12)10-5-2-1-3-6-10;1-5(2,3)4/h1-9H;. The maximum Gasteiger partial charge on any atom is 0.317 e. The fraction of sp³-hybridized carbons (Fsp3) is 0. The number of nitrogens with zero attached hydrogens (tertiary/aromatic N) is 1. The average Bonchev–Trinajstić information content (AvgIpc) is 2.38. The minimum atomic E-state index is -3.72. The van der Waals surface area contributed by atoms with E-state index in [1.54, 1.807) is 12.1 Å². The van der Waals surface area contributed by atoms with E-state index in [9.17, 15) is 10.1 Å². The van der Waals surface area contributed by atoms with Gasteiger partial charge in [-0.3, -0.25) is 10.1 Å². The predicted octanol–water partition coefficient (Wildman–Crippen LogP) is 3.97. The zero-order chi connectivity index (χ0) is 15.2. The Hall–Kier alpha value is -1.63. The minimum absolute atomic E-state index is 0.122. The zero-order valence-corrected chi connectivity index (χ0v) is 12.3. The van der Waals surface area contributed by atoms with Crippen molar-refractivity contribution in [2.24, 2.45) is 0 Å². The highest BCUT2D eigenvalue weighted by Crippen LogP contribution is 2.23. The summed E-state index contributed by atoms with van der Waals surface area (Å²) in [4.78, 5) is 10.2. The molecule has 0 amide bonds.